The van der Waals surface area contributed by atoms with Gasteiger partial charge in [-0.1, -0.05) is 18.7 Å². The van der Waals surface area contributed by atoms with Crippen LogP contribution < -0.4 is 5.73 Å². The Bertz CT molecular complexity index is 767. The summed E-state index contributed by atoms with van der Waals surface area (Å²) in [6, 6.07) is 7.87. The molecule has 0 radical (unpaired) electrons. The SMILES string of the molecule is CCc1nsc(Sc2cc(C)nc3ccc(N)cc23)n1. The van der Waals surface area contributed by atoms with Gasteiger partial charge in [-0.2, -0.15) is 4.37 Å². The van der Waals surface area contributed by atoms with Gasteiger partial charge in [-0.25, -0.2) is 4.98 Å². The summed E-state index contributed by atoms with van der Waals surface area (Å²) in [5.74, 6) is 0.895. The second kappa shape index (κ2) is 5.38. The summed E-state index contributed by atoms with van der Waals surface area (Å²) in [5, 5.41) is 1.06. The van der Waals surface area contributed by atoms with Gasteiger partial charge in [0, 0.05) is 28.1 Å². The number of aryl methyl sites for hydroxylation is 2. The molecule has 4 nitrogen and oxygen atoms in total. The van der Waals surface area contributed by atoms with E-state index in [1.165, 1.54) is 11.5 Å². The number of fused-ring (bicyclic) bond motifs is 1. The fourth-order valence-corrected chi connectivity index (χ4v) is 3.81. The van der Waals surface area contributed by atoms with Crippen molar-refractivity contribution in [2.75, 3.05) is 5.73 Å². The Hall–Kier alpha value is -1.66. The van der Waals surface area contributed by atoms with Crippen molar-refractivity contribution in [3.05, 3.63) is 35.8 Å². The zero-order valence-corrected chi connectivity index (χ0v) is 12.9. The average molecular weight is 302 g/mol. The Morgan fingerprint density at radius 1 is 1.25 bits per heavy atom. The molecule has 0 aliphatic heterocycles. The first kappa shape index (κ1) is 13.3. The van der Waals surface area contributed by atoms with Crippen LogP contribution in [0.15, 0.2) is 33.5 Å². The van der Waals surface area contributed by atoms with E-state index in [1.54, 1.807) is 11.8 Å². The molecule has 0 spiro atoms. The lowest BCUT2D eigenvalue weighted by Gasteiger charge is -2.06. The summed E-state index contributed by atoms with van der Waals surface area (Å²) < 4.78 is 5.28. The van der Waals surface area contributed by atoms with Crippen LogP contribution in [0.1, 0.15) is 18.4 Å². The van der Waals surface area contributed by atoms with E-state index < -0.39 is 0 Å². The van der Waals surface area contributed by atoms with Crippen LogP contribution in [0.4, 0.5) is 5.69 Å². The lowest BCUT2D eigenvalue weighted by molar-refractivity contribution is 0.971. The first-order chi connectivity index (χ1) is 9.65. The van der Waals surface area contributed by atoms with Crippen molar-refractivity contribution in [2.45, 2.75) is 29.5 Å². The van der Waals surface area contributed by atoms with E-state index in [4.69, 9.17) is 5.73 Å². The topological polar surface area (TPSA) is 64.7 Å². The summed E-state index contributed by atoms with van der Waals surface area (Å²) in [5.41, 5.74) is 8.59. The monoisotopic (exact) mass is 302 g/mol. The Kier molecular flexibility index (Phi) is 3.58. The maximum Gasteiger partial charge on any atom is 0.174 e. The zero-order valence-electron chi connectivity index (χ0n) is 11.3. The molecular formula is C14H14N4S2. The predicted molar refractivity (Wildman–Crippen MR) is 84.3 cm³/mol. The maximum atomic E-state index is 5.89. The summed E-state index contributed by atoms with van der Waals surface area (Å²) in [7, 11) is 0. The first-order valence-electron chi connectivity index (χ1n) is 6.33. The van der Waals surface area contributed by atoms with Crippen LogP contribution in [0, 0.1) is 6.92 Å². The van der Waals surface area contributed by atoms with Crippen molar-refractivity contribution in [1.82, 2.24) is 14.3 Å². The van der Waals surface area contributed by atoms with Crippen molar-refractivity contribution in [3.8, 4) is 0 Å². The van der Waals surface area contributed by atoms with Gasteiger partial charge >= 0.3 is 0 Å². The Labute approximate surface area is 125 Å². The highest BCUT2D eigenvalue weighted by Gasteiger charge is 2.10. The smallest absolute Gasteiger partial charge is 0.174 e. The number of nitrogen functional groups attached to an aromatic ring is 1. The number of hydrogen-bond acceptors (Lipinski definition) is 6. The highest BCUT2D eigenvalue weighted by molar-refractivity contribution is 8.01. The molecule has 20 heavy (non-hydrogen) atoms. The third-order valence-electron chi connectivity index (χ3n) is 2.89. The van der Waals surface area contributed by atoms with Gasteiger partial charge in [-0.05, 0) is 42.7 Å². The molecule has 0 unspecified atom stereocenters. The van der Waals surface area contributed by atoms with Crippen LogP contribution in [0.2, 0.25) is 0 Å². The third kappa shape index (κ3) is 2.62. The van der Waals surface area contributed by atoms with Crippen LogP contribution in [0.25, 0.3) is 10.9 Å². The van der Waals surface area contributed by atoms with E-state index in [2.05, 4.69) is 27.3 Å². The lowest BCUT2D eigenvalue weighted by atomic mass is 10.2. The third-order valence-corrected chi connectivity index (χ3v) is 4.73. The molecule has 3 rings (SSSR count). The largest absolute Gasteiger partial charge is 0.399 e. The molecule has 0 saturated heterocycles. The normalized spacial score (nSPS) is 11.1. The van der Waals surface area contributed by atoms with Crippen molar-refractivity contribution in [3.63, 3.8) is 0 Å². The number of anilines is 1. The van der Waals surface area contributed by atoms with Gasteiger partial charge in [0.1, 0.15) is 5.82 Å². The standard InChI is InChI=1S/C14H14N4S2/c1-3-13-17-14(20-18-13)19-12-6-8(2)16-11-5-4-9(15)7-10(11)12/h4-7H,3,15H2,1-2H3. The van der Waals surface area contributed by atoms with E-state index >= 15 is 0 Å². The molecule has 0 amide bonds. The molecule has 1 aromatic carbocycles. The van der Waals surface area contributed by atoms with Crippen LogP contribution in [-0.2, 0) is 6.42 Å². The van der Waals surface area contributed by atoms with Gasteiger partial charge in [0.15, 0.2) is 4.34 Å². The van der Waals surface area contributed by atoms with E-state index in [0.717, 1.165) is 43.8 Å². The summed E-state index contributed by atoms with van der Waals surface area (Å²) >= 11 is 3.06. The fraction of sp³-hybridized carbons (Fsp3) is 0.214. The van der Waals surface area contributed by atoms with Crippen LogP contribution in [0.5, 0.6) is 0 Å². The van der Waals surface area contributed by atoms with Gasteiger partial charge in [0.25, 0.3) is 0 Å². The highest BCUT2D eigenvalue weighted by atomic mass is 32.2. The summed E-state index contributed by atoms with van der Waals surface area (Å²) in [6.07, 6.45) is 0.861. The van der Waals surface area contributed by atoms with E-state index in [-0.39, 0.29) is 0 Å². The number of rotatable bonds is 3. The van der Waals surface area contributed by atoms with Gasteiger partial charge < -0.3 is 5.73 Å². The van der Waals surface area contributed by atoms with Gasteiger partial charge in [0.05, 0.1) is 5.52 Å². The van der Waals surface area contributed by atoms with Crippen molar-refractivity contribution in [2.24, 2.45) is 0 Å². The number of nitrogens with zero attached hydrogens (tertiary/aromatic N) is 3. The number of benzene rings is 1. The molecule has 0 saturated carbocycles. The molecule has 2 heterocycles. The number of nitrogens with two attached hydrogens (primary N) is 1. The van der Waals surface area contributed by atoms with Crippen molar-refractivity contribution < 1.29 is 0 Å². The lowest BCUT2D eigenvalue weighted by Crippen LogP contribution is -1.90. The quantitative estimate of drug-likeness (QED) is 0.747. The Morgan fingerprint density at radius 2 is 2.10 bits per heavy atom. The number of aromatic nitrogens is 3. The average Bonchev–Trinajstić information content (AvgIpc) is 2.87. The van der Waals surface area contributed by atoms with Crippen molar-refractivity contribution in [1.29, 1.82) is 0 Å². The van der Waals surface area contributed by atoms with Gasteiger partial charge in [-0.3, -0.25) is 4.98 Å². The maximum absolute atomic E-state index is 5.89. The molecule has 102 valence electrons. The van der Waals surface area contributed by atoms with E-state index in [0.29, 0.717) is 0 Å². The molecule has 0 bridgehead atoms. The van der Waals surface area contributed by atoms with Crippen LogP contribution >= 0.6 is 23.3 Å². The molecule has 3 aromatic rings. The molecule has 2 N–H and O–H groups in total. The summed E-state index contributed by atoms with van der Waals surface area (Å²) in [6.45, 7) is 4.06. The van der Waals surface area contributed by atoms with Crippen LogP contribution in [0.3, 0.4) is 0 Å². The molecule has 0 fully saturated rings. The van der Waals surface area contributed by atoms with Gasteiger partial charge in [-0.15, -0.1) is 0 Å². The molecular weight excluding hydrogens is 288 g/mol. The molecule has 0 aliphatic rings. The molecule has 2 aromatic heterocycles. The van der Waals surface area contributed by atoms with E-state index in [1.807, 2.05) is 25.1 Å². The second-order valence-corrected chi connectivity index (χ2v) is 6.51. The Morgan fingerprint density at radius 3 is 2.85 bits per heavy atom. The number of pyridine rings is 1. The minimum Gasteiger partial charge on any atom is -0.399 e. The fourth-order valence-electron chi connectivity index (χ4n) is 1.94. The van der Waals surface area contributed by atoms with Crippen molar-refractivity contribution >= 4 is 39.9 Å². The van der Waals surface area contributed by atoms with Gasteiger partial charge in [0.2, 0.25) is 0 Å². The molecule has 0 atom stereocenters. The molecule has 6 heteroatoms. The summed E-state index contributed by atoms with van der Waals surface area (Å²) in [4.78, 5) is 10.2. The first-order valence-corrected chi connectivity index (χ1v) is 7.92. The Balaban J connectivity index is 2.07. The minimum absolute atomic E-state index is 0.747. The predicted octanol–water partition coefficient (Wildman–Crippen LogP) is 3.69. The minimum atomic E-state index is 0.747. The van der Waals surface area contributed by atoms with Crippen LogP contribution in [-0.4, -0.2) is 14.3 Å². The molecule has 0 aliphatic carbocycles. The second-order valence-electron chi connectivity index (χ2n) is 4.47. The number of hydrogen-bond donors (Lipinski definition) is 1. The van der Waals surface area contributed by atoms with E-state index in [9.17, 15) is 0 Å². The highest BCUT2D eigenvalue weighted by Crippen LogP contribution is 2.35. The zero-order chi connectivity index (χ0) is 14.1.